The molecular formula is C67H39N5O2. The highest BCUT2D eigenvalue weighted by molar-refractivity contribution is 6.24. The Bertz CT molecular complexity index is 4940. The molecule has 5 heterocycles. The van der Waals surface area contributed by atoms with E-state index in [1.807, 2.05) is 30.3 Å². The topological polar surface area (TPSA) is 74.8 Å². The van der Waals surface area contributed by atoms with E-state index in [4.69, 9.17) is 23.8 Å². The second kappa shape index (κ2) is 15.7. The predicted octanol–water partition coefficient (Wildman–Crippen LogP) is 17.7. The van der Waals surface area contributed by atoms with Gasteiger partial charge in [0.2, 0.25) is 5.95 Å². The molecule has 0 atom stereocenters. The summed E-state index contributed by atoms with van der Waals surface area (Å²) in [5.41, 5.74) is 14.8. The lowest BCUT2D eigenvalue weighted by atomic mass is 9.94. The van der Waals surface area contributed by atoms with Crippen LogP contribution in [0.1, 0.15) is 0 Å². The van der Waals surface area contributed by atoms with Crippen molar-refractivity contribution >= 4 is 98.3 Å². The number of para-hydroxylation sites is 5. The summed E-state index contributed by atoms with van der Waals surface area (Å²) in [6, 6.07) is 83.5. The average molecular weight is 946 g/mol. The van der Waals surface area contributed by atoms with Gasteiger partial charge >= 0.3 is 0 Å². The third kappa shape index (κ3) is 6.04. The molecule has 0 unspecified atom stereocenters. The molecule has 11 aromatic carbocycles. The number of rotatable bonds is 6. The van der Waals surface area contributed by atoms with Crippen LogP contribution in [0.15, 0.2) is 245 Å². The number of benzene rings is 11. The first-order chi connectivity index (χ1) is 36.7. The first kappa shape index (κ1) is 40.6. The van der Waals surface area contributed by atoms with E-state index in [1.165, 1.54) is 21.5 Å². The number of fused-ring (bicyclic) bond motifs is 14. The molecule has 0 spiro atoms. The summed E-state index contributed by atoms with van der Waals surface area (Å²) in [6.07, 6.45) is 0. The number of hydrogen-bond donors (Lipinski definition) is 0. The summed E-state index contributed by atoms with van der Waals surface area (Å²) >= 11 is 0. The molecule has 0 aliphatic carbocycles. The molecule has 344 valence electrons. The van der Waals surface area contributed by atoms with E-state index in [1.54, 1.807) is 0 Å². The van der Waals surface area contributed by atoms with Crippen molar-refractivity contribution < 1.29 is 8.83 Å². The van der Waals surface area contributed by atoms with Crippen LogP contribution in [0.2, 0.25) is 0 Å². The van der Waals surface area contributed by atoms with E-state index in [0.29, 0.717) is 17.6 Å². The molecule has 0 aliphatic heterocycles. The van der Waals surface area contributed by atoms with Gasteiger partial charge in [0.15, 0.2) is 11.6 Å². The Morgan fingerprint density at radius 3 is 1.68 bits per heavy atom. The number of nitrogens with zero attached hydrogens (tertiary/aromatic N) is 5. The Balaban J connectivity index is 0.925. The molecule has 7 heteroatoms. The van der Waals surface area contributed by atoms with Crippen LogP contribution in [0.5, 0.6) is 0 Å². The fourth-order valence-electron chi connectivity index (χ4n) is 11.7. The largest absolute Gasteiger partial charge is 0.456 e. The molecule has 74 heavy (non-hydrogen) atoms. The van der Waals surface area contributed by atoms with Gasteiger partial charge in [-0.2, -0.15) is 9.97 Å². The third-order valence-corrected chi connectivity index (χ3v) is 15.0. The zero-order valence-electron chi connectivity index (χ0n) is 39.6. The molecule has 5 aromatic heterocycles. The number of aromatic nitrogens is 5. The van der Waals surface area contributed by atoms with E-state index >= 15 is 0 Å². The van der Waals surface area contributed by atoms with Crippen LogP contribution in [0, 0.1) is 0 Å². The molecule has 16 rings (SSSR count). The minimum absolute atomic E-state index is 0.530. The van der Waals surface area contributed by atoms with Gasteiger partial charge in [0.05, 0.1) is 22.1 Å². The van der Waals surface area contributed by atoms with Crippen molar-refractivity contribution in [2.24, 2.45) is 0 Å². The van der Waals surface area contributed by atoms with Gasteiger partial charge in [0.1, 0.15) is 22.3 Å². The van der Waals surface area contributed by atoms with Crippen molar-refractivity contribution in [3.05, 3.63) is 237 Å². The quantitative estimate of drug-likeness (QED) is 0.166. The second-order valence-corrected chi connectivity index (χ2v) is 19.1. The van der Waals surface area contributed by atoms with Crippen LogP contribution in [-0.2, 0) is 0 Å². The van der Waals surface area contributed by atoms with E-state index in [0.717, 1.165) is 116 Å². The number of hydrogen-bond acceptors (Lipinski definition) is 5. The summed E-state index contributed by atoms with van der Waals surface area (Å²) in [5.74, 6) is 1.63. The molecule has 0 amide bonds. The Morgan fingerprint density at radius 2 is 0.865 bits per heavy atom. The van der Waals surface area contributed by atoms with Crippen LogP contribution in [0.25, 0.3) is 155 Å². The highest BCUT2D eigenvalue weighted by Gasteiger charge is 2.23. The molecule has 16 aromatic rings. The summed E-state index contributed by atoms with van der Waals surface area (Å²) in [7, 11) is 0. The normalized spacial score (nSPS) is 12.1. The molecule has 0 saturated heterocycles. The van der Waals surface area contributed by atoms with Crippen LogP contribution in [0.4, 0.5) is 0 Å². The molecule has 7 nitrogen and oxygen atoms in total. The summed E-state index contributed by atoms with van der Waals surface area (Å²) in [6.45, 7) is 0. The minimum atomic E-state index is 0.530. The van der Waals surface area contributed by atoms with Crippen molar-refractivity contribution in [1.29, 1.82) is 0 Å². The standard InChI is InChI=1S/C67H39N5O2/c1-2-20-46-40(15-1)34-36-57-62(46)54-27-13-26-48(42-17-11-16-41(37-42)47-25-14-32-60-63(47)53-24-6-10-31-59(53)73-60)64(54)71(57)45-19-12-18-43(38-45)65-68-66(44-33-35-52-51-23-5-9-30-58(51)74-61(52)39-44)70-67(69-65)72-55-28-7-3-21-49(55)50-22-4-8-29-56(50)72/h1-39H. The number of furan rings is 2. The third-order valence-electron chi connectivity index (χ3n) is 15.0. The summed E-state index contributed by atoms with van der Waals surface area (Å²) in [5, 5.41) is 11.4. The molecular weight excluding hydrogens is 907 g/mol. The average Bonchev–Trinajstić information content (AvgIpc) is 4.24. The zero-order valence-corrected chi connectivity index (χ0v) is 39.6. The van der Waals surface area contributed by atoms with Gasteiger partial charge in [0.25, 0.3) is 0 Å². The summed E-state index contributed by atoms with van der Waals surface area (Å²) in [4.78, 5) is 16.0. The van der Waals surface area contributed by atoms with Gasteiger partial charge in [-0.1, -0.05) is 170 Å². The van der Waals surface area contributed by atoms with Crippen LogP contribution < -0.4 is 0 Å². The van der Waals surface area contributed by atoms with E-state index < -0.39 is 0 Å². The molecule has 0 saturated carbocycles. The van der Waals surface area contributed by atoms with Crippen molar-refractivity contribution in [1.82, 2.24) is 24.1 Å². The summed E-state index contributed by atoms with van der Waals surface area (Å²) < 4.78 is 17.4. The lowest BCUT2D eigenvalue weighted by Gasteiger charge is -2.14. The Hall–Kier alpha value is -10.1. The maximum atomic E-state index is 6.42. The fourth-order valence-corrected chi connectivity index (χ4v) is 11.7. The van der Waals surface area contributed by atoms with Crippen molar-refractivity contribution in [3.63, 3.8) is 0 Å². The highest BCUT2D eigenvalue weighted by Crippen LogP contribution is 2.44. The first-order valence-corrected chi connectivity index (χ1v) is 24.9. The molecule has 0 fully saturated rings. The van der Waals surface area contributed by atoms with E-state index in [-0.39, 0.29) is 0 Å². The maximum absolute atomic E-state index is 6.42. The van der Waals surface area contributed by atoms with Crippen LogP contribution >= 0.6 is 0 Å². The molecule has 0 radical (unpaired) electrons. The Labute approximate surface area is 422 Å². The lowest BCUT2D eigenvalue weighted by Crippen LogP contribution is -2.06. The lowest BCUT2D eigenvalue weighted by molar-refractivity contribution is 0.668. The highest BCUT2D eigenvalue weighted by atomic mass is 16.3. The van der Waals surface area contributed by atoms with Crippen molar-refractivity contribution in [2.75, 3.05) is 0 Å². The smallest absolute Gasteiger partial charge is 0.238 e. The second-order valence-electron chi connectivity index (χ2n) is 19.1. The molecule has 0 N–H and O–H groups in total. The monoisotopic (exact) mass is 945 g/mol. The molecule has 0 aliphatic rings. The SMILES string of the molecule is c1cc(-c2cccc3oc4ccccc4c23)cc(-c2cccc3c4c5ccccc5ccc4n(-c4cccc(-c5nc(-c6ccc7c(c6)oc6ccccc67)nc(-n6c7ccccc7c7ccccc76)n5)c4)c23)c1. The Kier molecular flexibility index (Phi) is 8.61. The minimum Gasteiger partial charge on any atom is -0.456 e. The van der Waals surface area contributed by atoms with Crippen molar-refractivity contribution in [3.8, 4) is 56.7 Å². The van der Waals surface area contributed by atoms with Crippen LogP contribution in [-0.4, -0.2) is 24.1 Å². The zero-order chi connectivity index (χ0) is 48.4. The van der Waals surface area contributed by atoms with Gasteiger partial charge in [-0.05, 0) is 94.2 Å². The van der Waals surface area contributed by atoms with Gasteiger partial charge in [0, 0.05) is 65.5 Å². The van der Waals surface area contributed by atoms with Gasteiger partial charge in [-0.15, -0.1) is 0 Å². The van der Waals surface area contributed by atoms with Gasteiger partial charge in [-0.3, -0.25) is 4.57 Å². The molecule has 0 bridgehead atoms. The van der Waals surface area contributed by atoms with E-state index in [2.05, 4.69) is 215 Å². The Morgan fingerprint density at radius 1 is 0.297 bits per heavy atom. The van der Waals surface area contributed by atoms with E-state index in [9.17, 15) is 0 Å². The predicted molar refractivity (Wildman–Crippen MR) is 302 cm³/mol. The first-order valence-electron chi connectivity index (χ1n) is 24.9. The van der Waals surface area contributed by atoms with Crippen LogP contribution in [0.3, 0.4) is 0 Å². The van der Waals surface area contributed by atoms with Crippen molar-refractivity contribution in [2.45, 2.75) is 0 Å². The van der Waals surface area contributed by atoms with Gasteiger partial charge in [-0.25, -0.2) is 4.98 Å². The fraction of sp³-hybridized carbons (Fsp3) is 0. The van der Waals surface area contributed by atoms with Gasteiger partial charge < -0.3 is 13.4 Å². The maximum Gasteiger partial charge on any atom is 0.238 e.